The molecule has 0 spiro atoms. The highest BCUT2D eigenvalue weighted by molar-refractivity contribution is 5.78. The van der Waals surface area contributed by atoms with Crippen LogP contribution in [0.3, 0.4) is 0 Å². The number of hydrogen-bond donors (Lipinski definition) is 0. The second kappa shape index (κ2) is 8.13. The highest BCUT2D eigenvalue weighted by Crippen LogP contribution is 2.29. The number of carbonyl (C=O) groups is 1. The number of fused-ring (bicyclic) bond motifs is 1. The standard InChI is InChI=1S/C21H27N3O3/c1-16-2-6-20(7-3-16)27-15-21(25)23-12-18-8-10-22-24(18)19(13-23)9-11-26-14-17-4-5-17/h2-3,6-8,10,17,19H,4-5,9,11-15H2,1H3/t19-/m1/s1. The van der Waals surface area contributed by atoms with Gasteiger partial charge in [0.05, 0.1) is 18.3 Å². The summed E-state index contributed by atoms with van der Waals surface area (Å²) in [7, 11) is 0. The van der Waals surface area contributed by atoms with Crippen LogP contribution in [0.5, 0.6) is 5.75 Å². The molecule has 0 bridgehead atoms. The molecular weight excluding hydrogens is 342 g/mol. The Kier molecular flexibility index (Phi) is 5.43. The van der Waals surface area contributed by atoms with Crippen molar-refractivity contribution in [1.29, 1.82) is 0 Å². The zero-order valence-electron chi connectivity index (χ0n) is 15.8. The minimum Gasteiger partial charge on any atom is -0.484 e. The molecule has 1 aromatic carbocycles. The maximum Gasteiger partial charge on any atom is 0.260 e. The van der Waals surface area contributed by atoms with Gasteiger partial charge in [-0.25, -0.2) is 0 Å². The van der Waals surface area contributed by atoms with Gasteiger partial charge in [0, 0.05) is 26.0 Å². The van der Waals surface area contributed by atoms with Crippen LogP contribution in [0.4, 0.5) is 0 Å². The summed E-state index contributed by atoms with van der Waals surface area (Å²) in [6.45, 7) is 4.89. The Labute approximate surface area is 160 Å². The van der Waals surface area contributed by atoms with Crippen LogP contribution in [0.25, 0.3) is 0 Å². The van der Waals surface area contributed by atoms with Crippen molar-refractivity contribution in [1.82, 2.24) is 14.7 Å². The second-order valence-electron chi connectivity index (χ2n) is 7.60. The molecular formula is C21H27N3O3. The summed E-state index contributed by atoms with van der Waals surface area (Å²) in [5, 5.41) is 4.45. The third kappa shape index (κ3) is 4.69. The van der Waals surface area contributed by atoms with E-state index in [-0.39, 0.29) is 18.6 Å². The second-order valence-corrected chi connectivity index (χ2v) is 7.60. The largest absolute Gasteiger partial charge is 0.484 e. The molecule has 2 heterocycles. The Balaban J connectivity index is 1.32. The van der Waals surface area contributed by atoms with E-state index in [1.807, 2.05) is 53.0 Å². The van der Waals surface area contributed by atoms with E-state index in [2.05, 4.69) is 5.10 Å². The van der Waals surface area contributed by atoms with Gasteiger partial charge < -0.3 is 14.4 Å². The number of ether oxygens (including phenoxy) is 2. The molecule has 0 N–H and O–H groups in total. The monoisotopic (exact) mass is 369 g/mol. The number of carbonyl (C=O) groups excluding carboxylic acids is 1. The van der Waals surface area contributed by atoms with Gasteiger partial charge in [0.1, 0.15) is 5.75 Å². The maximum absolute atomic E-state index is 12.7. The molecule has 0 saturated heterocycles. The molecule has 1 saturated carbocycles. The average Bonchev–Trinajstić information content (AvgIpc) is 3.38. The number of rotatable bonds is 8. The molecule has 6 nitrogen and oxygen atoms in total. The Hall–Kier alpha value is -2.34. The van der Waals surface area contributed by atoms with Crippen molar-refractivity contribution in [3.8, 4) is 5.75 Å². The van der Waals surface area contributed by atoms with E-state index in [9.17, 15) is 4.79 Å². The van der Waals surface area contributed by atoms with Crippen LogP contribution in [0.1, 0.15) is 36.6 Å². The van der Waals surface area contributed by atoms with E-state index >= 15 is 0 Å². The van der Waals surface area contributed by atoms with Gasteiger partial charge in [0.2, 0.25) is 0 Å². The zero-order valence-corrected chi connectivity index (χ0v) is 15.8. The number of amides is 1. The minimum atomic E-state index is 0.00641. The van der Waals surface area contributed by atoms with Gasteiger partial charge in [0.15, 0.2) is 6.61 Å². The van der Waals surface area contributed by atoms with Gasteiger partial charge in [-0.05, 0) is 50.3 Å². The summed E-state index contributed by atoms with van der Waals surface area (Å²) in [4.78, 5) is 14.6. The first kappa shape index (κ1) is 18.0. The minimum absolute atomic E-state index is 0.00641. The molecule has 1 atom stereocenters. The third-order valence-corrected chi connectivity index (χ3v) is 5.26. The lowest BCUT2D eigenvalue weighted by Gasteiger charge is -2.34. The topological polar surface area (TPSA) is 56.6 Å². The molecule has 1 aliphatic carbocycles. The first-order valence-corrected chi connectivity index (χ1v) is 9.76. The van der Waals surface area contributed by atoms with E-state index in [1.165, 1.54) is 18.4 Å². The van der Waals surface area contributed by atoms with Gasteiger partial charge in [-0.2, -0.15) is 5.10 Å². The summed E-state index contributed by atoms with van der Waals surface area (Å²) in [5.74, 6) is 1.50. The SMILES string of the molecule is Cc1ccc(OCC(=O)N2Cc3ccnn3[C@H](CCOCC3CC3)C2)cc1. The summed E-state index contributed by atoms with van der Waals surface area (Å²) in [6.07, 6.45) is 5.28. The Bertz CT molecular complexity index is 767. The van der Waals surface area contributed by atoms with Crippen molar-refractivity contribution in [2.45, 2.75) is 38.8 Å². The van der Waals surface area contributed by atoms with E-state index in [0.717, 1.165) is 30.4 Å². The third-order valence-electron chi connectivity index (χ3n) is 5.26. The molecule has 0 radical (unpaired) electrons. The fraction of sp³-hybridized carbons (Fsp3) is 0.524. The molecule has 2 aliphatic rings. The summed E-state index contributed by atoms with van der Waals surface area (Å²) in [5.41, 5.74) is 2.24. The Morgan fingerprint density at radius 2 is 2.04 bits per heavy atom. The van der Waals surface area contributed by atoms with Gasteiger partial charge >= 0.3 is 0 Å². The molecule has 27 heavy (non-hydrogen) atoms. The lowest BCUT2D eigenvalue weighted by Crippen LogP contribution is -2.43. The highest BCUT2D eigenvalue weighted by Gasteiger charge is 2.29. The molecule has 4 rings (SSSR count). The number of aryl methyl sites for hydroxylation is 1. The van der Waals surface area contributed by atoms with Crippen LogP contribution in [-0.2, 0) is 16.1 Å². The number of aromatic nitrogens is 2. The summed E-state index contributed by atoms with van der Waals surface area (Å²) >= 11 is 0. The number of hydrogen-bond acceptors (Lipinski definition) is 4. The smallest absolute Gasteiger partial charge is 0.260 e. The van der Waals surface area contributed by atoms with Gasteiger partial charge in [0.25, 0.3) is 5.91 Å². The Morgan fingerprint density at radius 1 is 1.22 bits per heavy atom. The van der Waals surface area contributed by atoms with Crippen molar-refractivity contribution >= 4 is 5.91 Å². The molecule has 2 aromatic rings. The summed E-state index contributed by atoms with van der Waals surface area (Å²) in [6, 6.07) is 9.90. The van der Waals surface area contributed by atoms with Crippen molar-refractivity contribution in [2.75, 3.05) is 26.4 Å². The van der Waals surface area contributed by atoms with Crippen molar-refractivity contribution < 1.29 is 14.3 Å². The fourth-order valence-electron chi connectivity index (χ4n) is 3.42. The van der Waals surface area contributed by atoms with Gasteiger partial charge in [-0.15, -0.1) is 0 Å². The van der Waals surface area contributed by atoms with Crippen LogP contribution in [0.15, 0.2) is 36.5 Å². The molecule has 0 unspecified atom stereocenters. The zero-order chi connectivity index (χ0) is 18.6. The molecule has 6 heteroatoms. The quantitative estimate of drug-likeness (QED) is 0.672. The van der Waals surface area contributed by atoms with Crippen LogP contribution in [-0.4, -0.2) is 47.0 Å². The molecule has 1 amide bonds. The maximum atomic E-state index is 12.7. The summed E-state index contributed by atoms with van der Waals surface area (Å²) < 4.78 is 13.5. The van der Waals surface area contributed by atoms with Crippen molar-refractivity contribution in [3.05, 3.63) is 47.8 Å². The van der Waals surface area contributed by atoms with Crippen LogP contribution >= 0.6 is 0 Å². The Morgan fingerprint density at radius 3 is 2.81 bits per heavy atom. The average molecular weight is 369 g/mol. The van der Waals surface area contributed by atoms with E-state index in [1.54, 1.807) is 0 Å². The van der Waals surface area contributed by atoms with Gasteiger partial charge in [-0.3, -0.25) is 9.48 Å². The molecule has 1 fully saturated rings. The van der Waals surface area contributed by atoms with Crippen LogP contribution in [0, 0.1) is 12.8 Å². The van der Waals surface area contributed by atoms with Crippen molar-refractivity contribution in [3.63, 3.8) is 0 Å². The van der Waals surface area contributed by atoms with E-state index in [4.69, 9.17) is 9.47 Å². The molecule has 144 valence electrons. The van der Waals surface area contributed by atoms with E-state index in [0.29, 0.717) is 19.7 Å². The van der Waals surface area contributed by atoms with Crippen LogP contribution in [0.2, 0.25) is 0 Å². The van der Waals surface area contributed by atoms with E-state index < -0.39 is 0 Å². The predicted molar refractivity (Wildman–Crippen MR) is 102 cm³/mol. The van der Waals surface area contributed by atoms with Gasteiger partial charge in [-0.1, -0.05) is 17.7 Å². The van der Waals surface area contributed by atoms with Crippen LogP contribution < -0.4 is 4.74 Å². The molecule has 1 aromatic heterocycles. The lowest BCUT2D eigenvalue weighted by atomic mass is 10.1. The predicted octanol–water partition coefficient (Wildman–Crippen LogP) is 2.97. The fourth-order valence-corrected chi connectivity index (χ4v) is 3.42. The number of benzene rings is 1. The first-order valence-electron chi connectivity index (χ1n) is 9.76. The first-order chi connectivity index (χ1) is 13.2. The number of nitrogens with zero attached hydrogens (tertiary/aromatic N) is 3. The lowest BCUT2D eigenvalue weighted by molar-refractivity contribution is -0.135. The highest BCUT2D eigenvalue weighted by atomic mass is 16.5. The normalized spacial score (nSPS) is 19.0. The molecule has 1 aliphatic heterocycles. The van der Waals surface area contributed by atoms with Crippen molar-refractivity contribution in [2.24, 2.45) is 5.92 Å².